The number of nitrogen functional groups attached to an aromatic ring is 1. The number of hydrogen-bond acceptors (Lipinski definition) is 3. The molecule has 2 aromatic rings. The zero-order valence-corrected chi connectivity index (χ0v) is 11.4. The van der Waals surface area contributed by atoms with Gasteiger partial charge in [0.1, 0.15) is 0 Å². The zero-order valence-electron chi connectivity index (χ0n) is 11.4. The molecular formula is C14H20N4. The third-order valence-electron chi connectivity index (χ3n) is 3.36. The maximum atomic E-state index is 5.75. The van der Waals surface area contributed by atoms with Crippen LogP contribution in [0.5, 0.6) is 0 Å². The molecule has 0 aliphatic heterocycles. The maximum Gasteiger partial charge on any atom is 0.0646 e. The average molecular weight is 244 g/mol. The SMILES string of the molecule is Cc1cc(N)ccc1NCc1c(C)nn(C)c1C. The highest BCUT2D eigenvalue weighted by Crippen LogP contribution is 2.20. The van der Waals surface area contributed by atoms with Gasteiger partial charge < -0.3 is 11.1 Å². The molecule has 0 atom stereocenters. The lowest BCUT2D eigenvalue weighted by Gasteiger charge is -2.10. The first-order valence-electron chi connectivity index (χ1n) is 6.08. The summed E-state index contributed by atoms with van der Waals surface area (Å²) < 4.78 is 1.92. The molecule has 4 heteroatoms. The number of nitrogens with two attached hydrogens (primary N) is 1. The molecule has 0 saturated carbocycles. The summed E-state index contributed by atoms with van der Waals surface area (Å²) in [6, 6.07) is 5.91. The van der Waals surface area contributed by atoms with Gasteiger partial charge in [-0.05, 0) is 44.5 Å². The number of aromatic nitrogens is 2. The molecule has 96 valence electrons. The molecule has 1 aromatic heterocycles. The van der Waals surface area contributed by atoms with Gasteiger partial charge in [-0.25, -0.2) is 0 Å². The first kappa shape index (κ1) is 12.5. The fourth-order valence-corrected chi connectivity index (χ4v) is 2.14. The van der Waals surface area contributed by atoms with Crippen molar-refractivity contribution in [2.45, 2.75) is 27.3 Å². The quantitative estimate of drug-likeness (QED) is 0.816. The number of hydrogen-bond donors (Lipinski definition) is 2. The molecule has 1 aromatic carbocycles. The molecule has 0 aliphatic rings. The van der Waals surface area contributed by atoms with Gasteiger partial charge in [-0.3, -0.25) is 4.68 Å². The molecule has 1 heterocycles. The lowest BCUT2D eigenvalue weighted by Crippen LogP contribution is -2.04. The van der Waals surface area contributed by atoms with Crippen LogP contribution in [0.15, 0.2) is 18.2 Å². The molecule has 2 rings (SSSR count). The van der Waals surface area contributed by atoms with Crippen LogP contribution in [0, 0.1) is 20.8 Å². The zero-order chi connectivity index (χ0) is 13.3. The third kappa shape index (κ3) is 2.32. The van der Waals surface area contributed by atoms with Gasteiger partial charge in [0.25, 0.3) is 0 Å². The highest BCUT2D eigenvalue weighted by atomic mass is 15.3. The monoisotopic (exact) mass is 244 g/mol. The summed E-state index contributed by atoms with van der Waals surface area (Å²) in [5.74, 6) is 0. The van der Waals surface area contributed by atoms with Crippen molar-refractivity contribution in [2.75, 3.05) is 11.1 Å². The molecule has 0 radical (unpaired) electrons. The van der Waals surface area contributed by atoms with Crippen molar-refractivity contribution in [1.29, 1.82) is 0 Å². The molecule has 0 saturated heterocycles. The molecule has 4 nitrogen and oxygen atoms in total. The lowest BCUT2D eigenvalue weighted by molar-refractivity contribution is 0.730. The predicted molar refractivity (Wildman–Crippen MR) is 75.6 cm³/mol. The minimum atomic E-state index is 0.788. The van der Waals surface area contributed by atoms with Gasteiger partial charge >= 0.3 is 0 Å². The summed E-state index contributed by atoms with van der Waals surface area (Å²) in [5, 5.41) is 7.86. The van der Waals surface area contributed by atoms with Gasteiger partial charge in [-0.15, -0.1) is 0 Å². The molecule has 0 spiro atoms. The summed E-state index contributed by atoms with van der Waals surface area (Å²) >= 11 is 0. The Labute approximate surface area is 108 Å². The van der Waals surface area contributed by atoms with Crippen molar-refractivity contribution >= 4 is 11.4 Å². The van der Waals surface area contributed by atoms with Gasteiger partial charge in [0.05, 0.1) is 5.69 Å². The van der Waals surface area contributed by atoms with Crippen LogP contribution in [-0.4, -0.2) is 9.78 Å². The Kier molecular flexibility index (Phi) is 3.28. The van der Waals surface area contributed by atoms with Crippen molar-refractivity contribution < 1.29 is 0 Å². The summed E-state index contributed by atoms with van der Waals surface area (Å²) in [6.07, 6.45) is 0. The maximum absolute atomic E-state index is 5.75. The van der Waals surface area contributed by atoms with Gasteiger partial charge in [0.2, 0.25) is 0 Å². The van der Waals surface area contributed by atoms with E-state index in [1.165, 1.54) is 11.3 Å². The number of anilines is 2. The number of nitrogens with zero attached hydrogens (tertiary/aromatic N) is 2. The fraction of sp³-hybridized carbons (Fsp3) is 0.357. The van der Waals surface area contributed by atoms with Crippen LogP contribution in [-0.2, 0) is 13.6 Å². The van der Waals surface area contributed by atoms with Gasteiger partial charge in [-0.1, -0.05) is 0 Å². The van der Waals surface area contributed by atoms with E-state index in [-0.39, 0.29) is 0 Å². The van der Waals surface area contributed by atoms with Gasteiger partial charge in [0.15, 0.2) is 0 Å². The number of aryl methyl sites for hydroxylation is 3. The Morgan fingerprint density at radius 2 is 2.00 bits per heavy atom. The van der Waals surface area contributed by atoms with E-state index in [9.17, 15) is 0 Å². The normalized spacial score (nSPS) is 10.7. The van der Waals surface area contributed by atoms with Crippen molar-refractivity contribution in [3.8, 4) is 0 Å². The third-order valence-corrected chi connectivity index (χ3v) is 3.36. The van der Waals surface area contributed by atoms with E-state index < -0.39 is 0 Å². The lowest BCUT2D eigenvalue weighted by atomic mass is 10.1. The first-order valence-corrected chi connectivity index (χ1v) is 6.08. The summed E-state index contributed by atoms with van der Waals surface area (Å²) in [4.78, 5) is 0. The van der Waals surface area contributed by atoms with Crippen LogP contribution < -0.4 is 11.1 Å². The van der Waals surface area contributed by atoms with E-state index in [4.69, 9.17) is 5.73 Å². The van der Waals surface area contributed by atoms with Crippen molar-refractivity contribution in [3.05, 3.63) is 40.7 Å². The van der Waals surface area contributed by atoms with Crippen molar-refractivity contribution in [3.63, 3.8) is 0 Å². The Bertz CT molecular complexity index is 569. The van der Waals surface area contributed by atoms with E-state index in [0.29, 0.717) is 0 Å². The number of rotatable bonds is 3. The predicted octanol–water partition coefficient (Wildman–Crippen LogP) is 2.54. The molecule has 3 N–H and O–H groups in total. The Morgan fingerprint density at radius 3 is 2.56 bits per heavy atom. The van der Waals surface area contributed by atoms with E-state index in [0.717, 1.165) is 29.2 Å². The highest BCUT2D eigenvalue weighted by Gasteiger charge is 2.09. The standard InChI is InChI=1S/C14H20N4/c1-9-7-12(15)5-6-14(9)16-8-13-10(2)17-18(4)11(13)3/h5-7,16H,8,15H2,1-4H3. The second-order valence-corrected chi connectivity index (χ2v) is 4.70. The van der Waals surface area contributed by atoms with E-state index in [1.807, 2.05) is 36.9 Å². The molecule has 0 fully saturated rings. The van der Waals surface area contributed by atoms with Crippen LogP contribution in [0.4, 0.5) is 11.4 Å². The Balaban J connectivity index is 2.16. The van der Waals surface area contributed by atoms with Crippen LogP contribution in [0.25, 0.3) is 0 Å². The highest BCUT2D eigenvalue weighted by molar-refractivity contribution is 5.57. The van der Waals surface area contributed by atoms with Crippen LogP contribution in [0.3, 0.4) is 0 Å². The van der Waals surface area contributed by atoms with E-state index in [1.54, 1.807) is 0 Å². The van der Waals surface area contributed by atoms with Gasteiger partial charge in [0, 0.05) is 36.2 Å². The minimum absolute atomic E-state index is 0.788. The van der Waals surface area contributed by atoms with Gasteiger partial charge in [-0.2, -0.15) is 5.10 Å². The van der Waals surface area contributed by atoms with Crippen LogP contribution >= 0.6 is 0 Å². The average Bonchev–Trinajstić information content (AvgIpc) is 2.53. The van der Waals surface area contributed by atoms with E-state index >= 15 is 0 Å². The van der Waals surface area contributed by atoms with Crippen LogP contribution in [0.2, 0.25) is 0 Å². The Morgan fingerprint density at radius 1 is 1.28 bits per heavy atom. The second-order valence-electron chi connectivity index (χ2n) is 4.70. The molecule has 0 amide bonds. The number of nitrogens with one attached hydrogen (secondary N) is 1. The largest absolute Gasteiger partial charge is 0.399 e. The first-order chi connectivity index (χ1) is 8.49. The minimum Gasteiger partial charge on any atom is -0.399 e. The smallest absolute Gasteiger partial charge is 0.0646 e. The molecule has 0 bridgehead atoms. The second kappa shape index (κ2) is 4.72. The summed E-state index contributed by atoms with van der Waals surface area (Å²) in [5.41, 5.74) is 12.4. The van der Waals surface area contributed by atoms with Crippen molar-refractivity contribution in [1.82, 2.24) is 9.78 Å². The molecular weight excluding hydrogens is 224 g/mol. The fourth-order valence-electron chi connectivity index (χ4n) is 2.14. The topological polar surface area (TPSA) is 55.9 Å². The number of benzene rings is 1. The van der Waals surface area contributed by atoms with Crippen LogP contribution in [0.1, 0.15) is 22.5 Å². The summed E-state index contributed by atoms with van der Waals surface area (Å²) in [6.45, 7) is 6.98. The van der Waals surface area contributed by atoms with E-state index in [2.05, 4.69) is 24.3 Å². The molecule has 0 aliphatic carbocycles. The summed E-state index contributed by atoms with van der Waals surface area (Å²) in [7, 11) is 1.97. The molecule has 18 heavy (non-hydrogen) atoms. The Hall–Kier alpha value is -1.97. The molecule has 0 unspecified atom stereocenters. The van der Waals surface area contributed by atoms with Crippen molar-refractivity contribution in [2.24, 2.45) is 7.05 Å².